The van der Waals surface area contributed by atoms with E-state index < -0.39 is 29.8 Å². The Bertz CT molecular complexity index is 1230. The number of hydrogen-bond acceptors (Lipinski definition) is 4. The van der Waals surface area contributed by atoms with Gasteiger partial charge in [-0.3, -0.25) is 4.79 Å². The molecule has 0 saturated heterocycles. The average Bonchev–Trinajstić information content (AvgIpc) is 2.82. The molecule has 0 aromatic heterocycles. The van der Waals surface area contributed by atoms with E-state index in [0.29, 0.717) is 26.2 Å². The summed E-state index contributed by atoms with van der Waals surface area (Å²) in [5.41, 5.74) is 1.28. The van der Waals surface area contributed by atoms with Crippen molar-refractivity contribution in [3.63, 3.8) is 0 Å². The number of esters is 1. The number of hydrogen-bond donors (Lipinski definition) is 1. The molecule has 2 atom stereocenters. The van der Waals surface area contributed by atoms with Crippen molar-refractivity contribution in [1.82, 2.24) is 5.32 Å². The number of ether oxygens (including phenoxy) is 2. The first kappa shape index (κ1) is 27.8. The van der Waals surface area contributed by atoms with Crippen molar-refractivity contribution in [2.24, 2.45) is 5.92 Å². The summed E-state index contributed by atoms with van der Waals surface area (Å²) in [6.07, 6.45) is -0.782. The second-order valence-corrected chi connectivity index (χ2v) is 9.59. The van der Waals surface area contributed by atoms with Crippen molar-refractivity contribution in [2.45, 2.75) is 32.9 Å². The molecule has 1 N–H and O–H groups in total. The minimum absolute atomic E-state index is 0.0300. The van der Waals surface area contributed by atoms with Crippen molar-refractivity contribution in [3.05, 3.63) is 98.2 Å². The summed E-state index contributed by atoms with van der Waals surface area (Å²) in [5, 5.41) is 3.93. The van der Waals surface area contributed by atoms with Crippen LogP contribution in [0.1, 0.15) is 48.4 Å². The number of amides is 1. The molecule has 0 saturated carbocycles. The molecule has 190 valence electrons. The largest absolute Gasteiger partial charge is 0.478 e. The first-order valence-electron chi connectivity index (χ1n) is 11.2. The summed E-state index contributed by atoms with van der Waals surface area (Å²) >= 11 is 18.5. The van der Waals surface area contributed by atoms with Crippen LogP contribution in [-0.2, 0) is 9.53 Å². The van der Waals surface area contributed by atoms with E-state index in [2.05, 4.69) is 5.32 Å². The third kappa shape index (κ3) is 6.90. The molecule has 3 aromatic rings. The summed E-state index contributed by atoms with van der Waals surface area (Å²) in [6, 6.07) is 14.8. The molecular formula is C27H25Cl3FNO4. The number of rotatable bonds is 9. The van der Waals surface area contributed by atoms with Gasteiger partial charge in [-0.2, -0.15) is 0 Å². The third-order valence-electron chi connectivity index (χ3n) is 5.35. The van der Waals surface area contributed by atoms with Crippen LogP contribution in [0.4, 0.5) is 4.39 Å². The van der Waals surface area contributed by atoms with Gasteiger partial charge < -0.3 is 14.8 Å². The second kappa shape index (κ2) is 12.4. The highest BCUT2D eigenvalue weighted by molar-refractivity contribution is 6.35. The molecule has 36 heavy (non-hydrogen) atoms. The van der Waals surface area contributed by atoms with Crippen molar-refractivity contribution >= 4 is 46.7 Å². The zero-order valence-electron chi connectivity index (χ0n) is 19.9. The van der Waals surface area contributed by atoms with Crippen LogP contribution in [-0.4, -0.2) is 24.5 Å². The van der Waals surface area contributed by atoms with E-state index in [-0.39, 0.29) is 23.8 Å². The SMILES string of the molecule is CCOC(=O)[C@H](NC(=O)c1ccc(OC(c2ccc(Cl)cc2)c2ccc(Cl)cc2Cl)c(F)c1)C(C)C. The van der Waals surface area contributed by atoms with Gasteiger partial charge in [-0.1, -0.05) is 66.8 Å². The van der Waals surface area contributed by atoms with Crippen LogP contribution in [0.25, 0.3) is 0 Å². The molecule has 0 fully saturated rings. The van der Waals surface area contributed by atoms with Gasteiger partial charge in [0.15, 0.2) is 17.7 Å². The highest BCUT2D eigenvalue weighted by Crippen LogP contribution is 2.35. The zero-order chi connectivity index (χ0) is 26.4. The molecule has 0 bridgehead atoms. The molecule has 3 rings (SSSR count). The number of carbonyl (C=O) groups is 2. The van der Waals surface area contributed by atoms with Gasteiger partial charge in [0, 0.05) is 26.2 Å². The second-order valence-electron chi connectivity index (χ2n) is 8.31. The molecule has 0 aliphatic carbocycles. The van der Waals surface area contributed by atoms with E-state index in [0.717, 1.165) is 6.07 Å². The molecule has 1 unspecified atom stereocenters. The van der Waals surface area contributed by atoms with Gasteiger partial charge in [-0.05, 0) is 60.9 Å². The maximum atomic E-state index is 15.1. The fourth-order valence-electron chi connectivity index (χ4n) is 3.48. The van der Waals surface area contributed by atoms with Gasteiger partial charge in [-0.25, -0.2) is 9.18 Å². The van der Waals surface area contributed by atoms with Crippen molar-refractivity contribution < 1.29 is 23.5 Å². The molecule has 3 aromatic carbocycles. The van der Waals surface area contributed by atoms with Gasteiger partial charge in [0.25, 0.3) is 5.91 Å². The van der Waals surface area contributed by atoms with E-state index in [1.54, 1.807) is 63.2 Å². The average molecular weight is 553 g/mol. The monoisotopic (exact) mass is 551 g/mol. The topological polar surface area (TPSA) is 64.6 Å². The zero-order valence-corrected chi connectivity index (χ0v) is 22.1. The van der Waals surface area contributed by atoms with Crippen LogP contribution in [0, 0.1) is 11.7 Å². The third-order valence-corrected chi connectivity index (χ3v) is 6.16. The molecule has 0 heterocycles. The smallest absolute Gasteiger partial charge is 0.328 e. The van der Waals surface area contributed by atoms with Gasteiger partial charge in [0.2, 0.25) is 0 Å². The van der Waals surface area contributed by atoms with E-state index in [4.69, 9.17) is 44.3 Å². The number of carbonyl (C=O) groups excluding carboxylic acids is 2. The lowest BCUT2D eigenvalue weighted by Crippen LogP contribution is -2.45. The van der Waals surface area contributed by atoms with Crippen LogP contribution in [0.5, 0.6) is 5.75 Å². The van der Waals surface area contributed by atoms with E-state index in [9.17, 15) is 9.59 Å². The molecule has 0 radical (unpaired) electrons. The first-order chi connectivity index (χ1) is 17.1. The van der Waals surface area contributed by atoms with Crippen LogP contribution in [0.3, 0.4) is 0 Å². The summed E-state index contributed by atoms with van der Waals surface area (Å²) in [6.45, 7) is 5.42. The molecule has 1 amide bonds. The van der Waals surface area contributed by atoms with Crippen molar-refractivity contribution in [1.29, 1.82) is 0 Å². The predicted molar refractivity (Wildman–Crippen MR) is 140 cm³/mol. The maximum Gasteiger partial charge on any atom is 0.328 e. The molecule has 0 spiro atoms. The van der Waals surface area contributed by atoms with Crippen LogP contribution >= 0.6 is 34.8 Å². The van der Waals surface area contributed by atoms with Gasteiger partial charge in [-0.15, -0.1) is 0 Å². The Balaban J connectivity index is 1.89. The quantitative estimate of drug-likeness (QED) is 0.284. The van der Waals surface area contributed by atoms with E-state index in [1.165, 1.54) is 12.1 Å². The Morgan fingerprint density at radius 3 is 2.19 bits per heavy atom. The van der Waals surface area contributed by atoms with Crippen LogP contribution in [0.2, 0.25) is 15.1 Å². The summed E-state index contributed by atoms with van der Waals surface area (Å²) in [5.74, 6) is -2.23. The molecule has 5 nitrogen and oxygen atoms in total. The normalized spacial score (nSPS) is 12.7. The van der Waals surface area contributed by atoms with E-state index in [1.807, 2.05) is 0 Å². The molecular weight excluding hydrogens is 528 g/mol. The Labute approximate surface area is 224 Å². The van der Waals surface area contributed by atoms with Gasteiger partial charge in [0.05, 0.1) is 6.61 Å². The molecule has 0 aliphatic rings. The lowest BCUT2D eigenvalue weighted by molar-refractivity contribution is -0.146. The van der Waals surface area contributed by atoms with Crippen LogP contribution < -0.4 is 10.1 Å². The Morgan fingerprint density at radius 1 is 0.944 bits per heavy atom. The number of benzene rings is 3. The minimum Gasteiger partial charge on any atom is -0.478 e. The van der Waals surface area contributed by atoms with E-state index >= 15 is 4.39 Å². The maximum absolute atomic E-state index is 15.1. The standard InChI is InChI=1S/C27H25Cl3FNO4/c1-4-35-27(34)24(15(2)3)32-26(33)17-7-12-23(22(31)13-17)36-25(16-5-8-18(28)9-6-16)20-11-10-19(29)14-21(20)30/h5-15,24-25H,4H2,1-3H3,(H,32,33)/t24-,25?/m1/s1. The van der Waals surface area contributed by atoms with Gasteiger partial charge in [0.1, 0.15) is 6.04 Å². The van der Waals surface area contributed by atoms with Crippen molar-refractivity contribution in [2.75, 3.05) is 6.61 Å². The lowest BCUT2D eigenvalue weighted by atomic mass is 10.0. The predicted octanol–water partition coefficient (Wildman–Crippen LogP) is 7.27. The number of nitrogens with one attached hydrogen (secondary N) is 1. The highest BCUT2D eigenvalue weighted by Gasteiger charge is 2.27. The Kier molecular flexibility index (Phi) is 9.60. The fourth-order valence-corrected chi connectivity index (χ4v) is 4.12. The Morgan fingerprint density at radius 2 is 1.61 bits per heavy atom. The Hall–Kier alpha value is -2.80. The molecule has 0 aliphatic heterocycles. The van der Waals surface area contributed by atoms with Gasteiger partial charge >= 0.3 is 5.97 Å². The number of halogens is 4. The summed E-state index contributed by atoms with van der Waals surface area (Å²) in [4.78, 5) is 24.9. The van der Waals surface area contributed by atoms with Crippen LogP contribution in [0.15, 0.2) is 60.7 Å². The molecule has 9 heteroatoms. The minimum atomic E-state index is -0.863. The lowest BCUT2D eigenvalue weighted by Gasteiger charge is -2.22. The first-order valence-corrected chi connectivity index (χ1v) is 12.4. The van der Waals surface area contributed by atoms with Crippen molar-refractivity contribution in [3.8, 4) is 5.75 Å². The fraction of sp³-hybridized carbons (Fsp3) is 0.259. The highest BCUT2D eigenvalue weighted by atomic mass is 35.5. The summed E-state index contributed by atoms with van der Waals surface area (Å²) in [7, 11) is 0. The summed E-state index contributed by atoms with van der Waals surface area (Å²) < 4.78 is 26.2.